The van der Waals surface area contributed by atoms with Gasteiger partial charge in [0.15, 0.2) is 5.60 Å². The van der Waals surface area contributed by atoms with Gasteiger partial charge in [0.05, 0.1) is 0 Å². The van der Waals surface area contributed by atoms with E-state index in [1.807, 2.05) is 0 Å². The predicted molar refractivity (Wildman–Crippen MR) is 58.6 cm³/mol. The van der Waals surface area contributed by atoms with Crippen molar-refractivity contribution in [3.63, 3.8) is 0 Å². The maximum absolute atomic E-state index is 11.3. The Hall–Kier alpha value is 0.0400. The van der Waals surface area contributed by atoms with Crippen molar-refractivity contribution < 1.29 is 14.3 Å². The second kappa shape index (κ2) is 3.52. The van der Waals surface area contributed by atoms with Crippen molar-refractivity contribution in [3.8, 4) is 0 Å². The van der Waals surface area contributed by atoms with E-state index < -0.39 is 26.0 Å². The molecule has 0 radical (unpaired) electrons. The first kappa shape index (κ1) is 13.1. The van der Waals surface area contributed by atoms with Crippen molar-refractivity contribution in [2.45, 2.75) is 21.2 Å². The Labute approximate surface area is 106 Å². The zero-order chi connectivity index (χ0) is 12.1. The van der Waals surface area contributed by atoms with Crippen LogP contribution >= 0.6 is 46.4 Å². The van der Waals surface area contributed by atoms with Gasteiger partial charge in [-0.1, -0.05) is 53.0 Å². The lowest BCUT2D eigenvalue weighted by Gasteiger charge is -2.54. The van der Waals surface area contributed by atoms with Gasteiger partial charge in [-0.25, -0.2) is 4.79 Å². The van der Waals surface area contributed by atoms with Crippen LogP contribution in [0.5, 0.6) is 0 Å². The molecule has 1 rings (SSSR count). The van der Waals surface area contributed by atoms with Gasteiger partial charge in [-0.2, -0.15) is 0 Å². The first-order valence-electron chi connectivity index (χ1n) is 3.77. The summed E-state index contributed by atoms with van der Waals surface area (Å²) in [6, 6.07) is 0. The average Bonchev–Trinajstić information content (AvgIpc) is 2.15. The van der Waals surface area contributed by atoms with E-state index in [1.165, 1.54) is 6.92 Å². The van der Waals surface area contributed by atoms with Crippen LogP contribution < -0.4 is 0 Å². The molecule has 0 unspecified atom stereocenters. The maximum Gasteiger partial charge on any atom is 0.330 e. The third-order valence-corrected chi connectivity index (χ3v) is 4.37. The summed E-state index contributed by atoms with van der Waals surface area (Å²) in [4.78, 5) is 22.4. The van der Waals surface area contributed by atoms with Gasteiger partial charge in [0.2, 0.25) is 14.4 Å². The fourth-order valence-electron chi connectivity index (χ4n) is 1.14. The van der Waals surface area contributed by atoms with Gasteiger partial charge in [0.1, 0.15) is 0 Å². The molecule has 7 heteroatoms. The van der Waals surface area contributed by atoms with Crippen LogP contribution in [0.1, 0.15) is 6.92 Å². The van der Waals surface area contributed by atoms with Gasteiger partial charge < -0.3 is 4.74 Å². The first-order valence-corrected chi connectivity index (χ1v) is 5.28. The largest absolute Gasteiger partial charge is 0.449 e. The van der Waals surface area contributed by atoms with E-state index in [1.54, 1.807) is 0 Å². The lowest BCUT2D eigenvalue weighted by molar-refractivity contribution is -0.169. The maximum atomic E-state index is 11.3. The molecule has 0 heterocycles. The highest BCUT2D eigenvalue weighted by Gasteiger charge is 2.80. The lowest BCUT2D eigenvalue weighted by atomic mass is 9.77. The van der Waals surface area contributed by atoms with Crippen molar-refractivity contribution in [2.24, 2.45) is 0 Å². The number of esters is 1. The fraction of sp³-hybridized carbons (Fsp3) is 0.500. The molecule has 0 aliphatic heterocycles. The zero-order valence-corrected chi connectivity index (χ0v) is 10.5. The van der Waals surface area contributed by atoms with E-state index in [9.17, 15) is 9.59 Å². The molecule has 0 aromatic rings. The third kappa shape index (κ3) is 1.48. The normalized spacial score (nSPS) is 25.3. The molecule has 0 atom stereocenters. The molecule has 0 amide bonds. The number of rotatable bonds is 2. The first-order chi connectivity index (χ1) is 6.61. The van der Waals surface area contributed by atoms with E-state index in [0.717, 1.165) is 6.08 Å². The van der Waals surface area contributed by atoms with Gasteiger partial charge in [0.25, 0.3) is 0 Å². The van der Waals surface area contributed by atoms with E-state index in [0.29, 0.717) is 0 Å². The molecular formula is C8H6Cl4O3. The summed E-state index contributed by atoms with van der Waals surface area (Å²) < 4.78 is 0.920. The van der Waals surface area contributed by atoms with Crippen LogP contribution in [0.25, 0.3) is 0 Å². The van der Waals surface area contributed by atoms with Crippen molar-refractivity contribution in [2.75, 3.05) is 0 Å². The summed E-state index contributed by atoms with van der Waals surface area (Å²) in [6.07, 6.45) is 0.891. The summed E-state index contributed by atoms with van der Waals surface area (Å²) in [5, 5.41) is 0. The summed E-state index contributed by atoms with van der Waals surface area (Å²) in [5.41, 5.74) is -1.70. The SMILES string of the molecule is C=CC(=O)OC1(C)C(Cl)(Cl)C(=O)C1(Cl)Cl. The number of hydrogen-bond donors (Lipinski definition) is 0. The molecule has 0 aromatic carbocycles. The van der Waals surface area contributed by atoms with Crippen LogP contribution in [0.2, 0.25) is 0 Å². The van der Waals surface area contributed by atoms with E-state index >= 15 is 0 Å². The third-order valence-electron chi connectivity index (χ3n) is 2.24. The number of ketones is 1. The van der Waals surface area contributed by atoms with Crippen LogP contribution in [0.4, 0.5) is 0 Å². The summed E-state index contributed by atoms with van der Waals surface area (Å²) >= 11 is 22.7. The minimum atomic E-state index is -1.95. The Bertz CT molecular complexity index is 330. The minimum absolute atomic E-state index is 0.818. The Balaban J connectivity index is 3.06. The fourth-order valence-corrected chi connectivity index (χ4v) is 2.81. The standard InChI is InChI=1S/C8H6Cl4O3/c1-3-4(13)15-6(2)7(9,10)5(14)8(6,11)12/h3H,1H2,2H3. The topological polar surface area (TPSA) is 43.4 Å². The van der Waals surface area contributed by atoms with Gasteiger partial charge in [-0.05, 0) is 6.92 Å². The number of Topliss-reactive ketones (excluding diaryl/α,β-unsaturated/α-hetero) is 1. The average molecular weight is 292 g/mol. The number of halogens is 4. The molecule has 84 valence electrons. The Morgan fingerprint density at radius 2 is 1.73 bits per heavy atom. The van der Waals surface area contributed by atoms with Gasteiger partial charge in [0, 0.05) is 6.08 Å². The Morgan fingerprint density at radius 1 is 1.33 bits per heavy atom. The van der Waals surface area contributed by atoms with E-state index in [4.69, 9.17) is 51.1 Å². The molecule has 15 heavy (non-hydrogen) atoms. The lowest BCUT2D eigenvalue weighted by Crippen LogP contribution is -2.77. The quantitative estimate of drug-likeness (QED) is 0.446. The number of hydrogen-bond acceptors (Lipinski definition) is 3. The highest BCUT2D eigenvalue weighted by atomic mass is 35.5. The highest BCUT2D eigenvalue weighted by Crippen LogP contribution is 2.61. The summed E-state index contributed by atoms with van der Waals surface area (Å²) in [5.74, 6) is -1.64. The van der Waals surface area contributed by atoms with Crippen molar-refractivity contribution >= 4 is 58.2 Å². The molecule has 3 nitrogen and oxygen atoms in total. The molecule has 1 fully saturated rings. The van der Waals surface area contributed by atoms with Crippen LogP contribution in [-0.2, 0) is 14.3 Å². The Kier molecular flexibility index (Phi) is 3.08. The van der Waals surface area contributed by atoms with Gasteiger partial charge in [-0.15, -0.1) is 0 Å². The molecule has 0 N–H and O–H groups in total. The van der Waals surface area contributed by atoms with E-state index in [2.05, 4.69) is 6.58 Å². The number of alkyl halides is 4. The molecule has 0 aromatic heterocycles. The monoisotopic (exact) mass is 290 g/mol. The van der Waals surface area contributed by atoms with Crippen molar-refractivity contribution in [1.82, 2.24) is 0 Å². The second-order valence-electron chi connectivity index (χ2n) is 3.14. The second-order valence-corrected chi connectivity index (χ2v) is 5.79. The number of carbonyl (C=O) groups excluding carboxylic acids is 2. The van der Waals surface area contributed by atoms with E-state index in [-0.39, 0.29) is 0 Å². The highest BCUT2D eigenvalue weighted by molar-refractivity contribution is 6.75. The van der Waals surface area contributed by atoms with Crippen molar-refractivity contribution in [1.29, 1.82) is 0 Å². The number of ether oxygens (including phenoxy) is 1. The molecule has 1 aliphatic rings. The van der Waals surface area contributed by atoms with Crippen LogP contribution in [0.15, 0.2) is 12.7 Å². The predicted octanol–water partition coefficient (Wildman–Crippen LogP) is 2.40. The zero-order valence-electron chi connectivity index (χ0n) is 7.52. The molecule has 0 saturated heterocycles. The minimum Gasteiger partial charge on any atom is -0.449 e. The van der Waals surface area contributed by atoms with Gasteiger partial charge in [-0.3, -0.25) is 4.79 Å². The van der Waals surface area contributed by atoms with Crippen LogP contribution in [0, 0.1) is 0 Å². The molecule has 0 spiro atoms. The van der Waals surface area contributed by atoms with Crippen LogP contribution in [0.3, 0.4) is 0 Å². The van der Waals surface area contributed by atoms with Crippen molar-refractivity contribution in [3.05, 3.63) is 12.7 Å². The van der Waals surface area contributed by atoms with Gasteiger partial charge >= 0.3 is 5.97 Å². The number of carbonyl (C=O) groups is 2. The summed E-state index contributed by atoms with van der Waals surface area (Å²) in [7, 11) is 0. The molecule has 0 bridgehead atoms. The smallest absolute Gasteiger partial charge is 0.330 e. The molecule has 1 saturated carbocycles. The molecule has 1 aliphatic carbocycles. The molecular weight excluding hydrogens is 286 g/mol. The summed E-state index contributed by atoms with van der Waals surface area (Å²) in [6.45, 7) is 4.46. The Morgan fingerprint density at radius 3 is 2.07 bits per heavy atom. The van der Waals surface area contributed by atoms with Crippen LogP contribution in [-0.4, -0.2) is 26.0 Å².